The van der Waals surface area contributed by atoms with Crippen LogP contribution in [0.2, 0.25) is 5.15 Å². The average Bonchev–Trinajstić information content (AvgIpc) is 2.86. The molecule has 1 N–H and O–H groups in total. The third kappa shape index (κ3) is 5.19. The number of carbonyl (C=O) groups excluding carboxylic acids is 2. The second-order valence-corrected chi connectivity index (χ2v) is 5.92. The van der Waals surface area contributed by atoms with Crippen LogP contribution in [-0.2, 0) is 20.9 Å². The van der Waals surface area contributed by atoms with Gasteiger partial charge in [0.2, 0.25) is 5.91 Å². The number of methoxy groups -OCH3 is 1. The second-order valence-electron chi connectivity index (χ2n) is 5.56. The fourth-order valence-electron chi connectivity index (χ4n) is 2.18. The molecule has 0 radical (unpaired) electrons. The molecule has 0 unspecified atom stereocenters. The maximum atomic E-state index is 11.7. The summed E-state index contributed by atoms with van der Waals surface area (Å²) in [5, 5.41) is 7.30. The van der Waals surface area contributed by atoms with Crippen LogP contribution in [-0.4, -0.2) is 35.3 Å². The van der Waals surface area contributed by atoms with Crippen LogP contribution < -0.4 is 5.32 Å². The Morgan fingerprint density at radius 2 is 1.96 bits per heavy atom. The van der Waals surface area contributed by atoms with Crippen LogP contribution in [0.5, 0.6) is 0 Å². The Hall–Kier alpha value is -2.60. The van der Waals surface area contributed by atoms with Gasteiger partial charge in [-0.2, -0.15) is 5.10 Å². The number of aromatic nitrogens is 2. The van der Waals surface area contributed by atoms with Crippen molar-refractivity contribution in [1.29, 1.82) is 0 Å². The lowest BCUT2D eigenvalue weighted by atomic mass is 10.1. The highest BCUT2D eigenvalue weighted by Gasteiger charge is 2.12. The lowest BCUT2D eigenvalue weighted by Gasteiger charge is -2.04. The highest BCUT2D eigenvalue weighted by molar-refractivity contribution is 6.31. The van der Waals surface area contributed by atoms with E-state index < -0.39 is 11.9 Å². The first-order valence-electron chi connectivity index (χ1n) is 7.72. The predicted molar refractivity (Wildman–Crippen MR) is 96.3 cm³/mol. The molecule has 7 heteroatoms. The fraction of sp³-hybridized carbons (Fsp3) is 0.278. The summed E-state index contributed by atoms with van der Waals surface area (Å²) >= 11 is 6.39. The zero-order valence-corrected chi connectivity index (χ0v) is 15.1. The standard InChI is InChI=1S/C18H20ClN3O3/c1-12-4-6-14(7-5-12)11-22-18(19)15(13(2)21-22)8-9-16(23)20-10-17(24)25-3/h4-9H,10-11H2,1-3H3,(H,20,23)/b9-8+. The Morgan fingerprint density at radius 3 is 2.60 bits per heavy atom. The van der Waals surface area contributed by atoms with Crippen LogP contribution in [0.25, 0.3) is 6.08 Å². The normalized spacial score (nSPS) is 10.9. The van der Waals surface area contributed by atoms with Crippen molar-refractivity contribution in [3.05, 3.63) is 57.9 Å². The largest absolute Gasteiger partial charge is 0.468 e. The smallest absolute Gasteiger partial charge is 0.325 e. The number of esters is 1. The molecule has 1 aromatic heterocycles. The van der Waals surface area contributed by atoms with Crippen LogP contribution in [0, 0.1) is 13.8 Å². The van der Waals surface area contributed by atoms with Gasteiger partial charge in [-0.3, -0.25) is 9.59 Å². The summed E-state index contributed by atoms with van der Waals surface area (Å²) in [6.45, 7) is 4.22. The molecular weight excluding hydrogens is 342 g/mol. The van der Waals surface area contributed by atoms with E-state index in [4.69, 9.17) is 11.6 Å². The van der Waals surface area contributed by atoms with Crippen molar-refractivity contribution in [3.8, 4) is 0 Å². The topological polar surface area (TPSA) is 73.2 Å². The van der Waals surface area contributed by atoms with E-state index in [9.17, 15) is 9.59 Å². The van der Waals surface area contributed by atoms with Gasteiger partial charge in [0.25, 0.3) is 0 Å². The van der Waals surface area contributed by atoms with E-state index in [2.05, 4.69) is 15.2 Å². The highest BCUT2D eigenvalue weighted by Crippen LogP contribution is 2.22. The molecule has 0 aliphatic rings. The first-order chi connectivity index (χ1) is 11.9. The number of benzene rings is 1. The summed E-state index contributed by atoms with van der Waals surface area (Å²) in [5.41, 5.74) is 3.66. The Bertz CT molecular complexity index is 795. The van der Waals surface area contributed by atoms with Crippen LogP contribution in [0.15, 0.2) is 30.3 Å². The minimum atomic E-state index is -0.512. The van der Waals surface area contributed by atoms with E-state index in [0.29, 0.717) is 23.0 Å². The van der Waals surface area contributed by atoms with E-state index in [1.54, 1.807) is 10.8 Å². The molecule has 132 valence electrons. The number of nitrogens with zero attached hydrogens (tertiary/aromatic N) is 2. The van der Waals surface area contributed by atoms with E-state index in [1.807, 2.05) is 38.1 Å². The summed E-state index contributed by atoms with van der Waals surface area (Å²) in [5.74, 6) is -0.922. The minimum absolute atomic E-state index is 0.181. The molecule has 0 spiro atoms. The van der Waals surface area contributed by atoms with Gasteiger partial charge < -0.3 is 10.1 Å². The monoisotopic (exact) mass is 361 g/mol. The number of carbonyl (C=O) groups is 2. The van der Waals surface area contributed by atoms with Crippen LogP contribution in [0.3, 0.4) is 0 Å². The summed E-state index contributed by atoms with van der Waals surface area (Å²) in [6.07, 6.45) is 2.90. The number of hydrogen-bond donors (Lipinski definition) is 1. The first kappa shape index (κ1) is 18.7. The Morgan fingerprint density at radius 1 is 1.28 bits per heavy atom. The molecule has 1 aromatic carbocycles. The van der Waals surface area contributed by atoms with Crippen molar-refractivity contribution in [2.24, 2.45) is 0 Å². The zero-order chi connectivity index (χ0) is 18.4. The van der Waals surface area contributed by atoms with Gasteiger partial charge in [0, 0.05) is 11.6 Å². The van der Waals surface area contributed by atoms with E-state index >= 15 is 0 Å². The number of nitrogens with one attached hydrogen (secondary N) is 1. The van der Waals surface area contributed by atoms with Crippen LogP contribution >= 0.6 is 11.6 Å². The highest BCUT2D eigenvalue weighted by atomic mass is 35.5. The van der Waals surface area contributed by atoms with E-state index in [0.717, 1.165) is 5.56 Å². The first-order valence-corrected chi connectivity index (χ1v) is 8.09. The minimum Gasteiger partial charge on any atom is -0.468 e. The molecule has 25 heavy (non-hydrogen) atoms. The quantitative estimate of drug-likeness (QED) is 0.633. The third-order valence-electron chi connectivity index (χ3n) is 3.60. The molecular formula is C18H20ClN3O3. The zero-order valence-electron chi connectivity index (χ0n) is 14.4. The lowest BCUT2D eigenvalue weighted by Crippen LogP contribution is -2.28. The molecule has 2 rings (SSSR count). The molecule has 0 fully saturated rings. The summed E-state index contributed by atoms with van der Waals surface area (Å²) in [7, 11) is 1.26. The molecule has 0 bridgehead atoms. The van der Waals surface area contributed by atoms with Gasteiger partial charge in [-0.15, -0.1) is 0 Å². The number of halogens is 1. The Kier molecular flexibility index (Phi) is 6.36. The number of ether oxygens (including phenoxy) is 1. The third-order valence-corrected chi connectivity index (χ3v) is 4.00. The maximum Gasteiger partial charge on any atom is 0.325 e. The van der Waals surface area contributed by atoms with Crippen molar-refractivity contribution in [2.75, 3.05) is 13.7 Å². The molecule has 6 nitrogen and oxygen atoms in total. The number of hydrogen-bond acceptors (Lipinski definition) is 4. The predicted octanol–water partition coefficient (Wildman–Crippen LogP) is 2.50. The Labute approximate surface area is 151 Å². The molecule has 2 aromatic rings. The maximum absolute atomic E-state index is 11.7. The van der Waals surface area contributed by atoms with Crippen molar-refractivity contribution < 1.29 is 14.3 Å². The fourth-order valence-corrected chi connectivity index (χ4v) is 2.47. The van der Waals surface area contributed by atoms with Gasteiger partial charge in [0.05, 0.1) is 19.3 Å². The Balaban J connectivity index is 2.08. The van der Waals surface area contributed by atoms with Gasteiger partial charge in [-0.05, 0) is 25.5 Å². The molecule has 0 atom stereocenters. The average molecular weight is 362 g/mol. The van der Waals surface area contributed by atoms with Crippen molar-refractivity contribution in [2.45, 2.75) is 20.4 Å². The molecule has 0 aliphatic carbocycles. The van der Waals surface area contributed by atoms with Crippen molar-refractivity contribution >= 4 is 29.6 Å². The molecule has 1 amide bonds. The molecule has 1 heterocycles. The van der Waals surface area contributed by atoms with Gasteiger partial charge in [0.1, 0.15) is 11.7 Å². The van der Waals surface area contributed by atoms with Crippen LogP contribution in [0.1, 0.15) is 22.4 Å². The van der Waals surface area contributed by atoms with E-state index in [1.165, 1.54) is 18.7 Å². The van der Waals surface area contributed by atoms with Gasteiger partial charge in [-0.1, -0.05) is 41.4 Å². The van der Waals surface area contributed by atoms with Crippen molar-refractivity contribution in [3.63, 3.8) is 0 Å². The SMILES string of the molecule is COC(=O)CNC(=O)/C=C/c1c(C)nn(Cc2ccc(C)cc2)c1Cl. The number of aryl methyl sites for hydroxylation is 2. The lowest BCUT2D eigenvalue weighted by molar-refractivity contribution is -0.140. The van der Waals surface area contributed by atoms with Crippen LogP contribution in [0.4, 0.5) is 0 Å². The molecule has 0 saturated carbocycles. The van der Waals surface area contributed by atoms with Gasteiger partial charge in [-0.25, -0.2) is 4.68 Å². The number of amides is 1. The van der Waals surface area contributed by atoms with Gasteiger partial charge >= 0.3 is 5.97 Å². The summed E-state index contributed by atoms with van der Waals surface area (Å²) < 4.78 is 6.14. The van der Waals surface area contributed by atoms with Crippen molar-refractivity contribution in [1.82, 2.24) is 15.1 Å². The second kappa shape index (κ2) is 8.48. The van der Waals surface area contributed by atoms with Gasteiger partial charge in [0.15, 0.2) is 0 Å². The number of rotatable bonds is 6. The summed E-state index contributed by atoms with van der Waals surface area (Å²) in [6, 6.07) is 8.12. The molecule has 0 aliphatic heterocycles. The molecule has 0 saturated heterocycles. The summed E-state index contributed by atoms with van der Waals surface area (Å²) in [4.78, 5) is 22.7. The van der Waals surface area contributed by atoms with E-state index in [-0.39, 0.29) is 6.54 Å².